The Morgan fingerprint density at radius 1 is 1.14 bits per heavy atom. The van der Waals surface area contributed by atoms with Gasteiger partial charge in [0.15, 0.2) is 0 Å². The number of amides is 2. The van der Waals surface area contributed by atoms with E-state index in [0.717, 1.165) is 44.2 Å². The largest absolute Gasteiger partial charge is 0.507 e. The molecule has 2 aromatic rings. The van der Waals surface area contributed by atoms with E-state index in [1.807, 2.05) is 19.9 Å². The molecule has 0 saturated heterocycles. The first-order chi connectivity index (χ1) is 13.9. The Morgan fingerprint density at radius 2 is 1.86 bits per heavy atom. The molecule has 0 aliphatic heterocycles. The number of phenols is 1. The van der Waals surface area contributed by atoms with Crippen LogP contribution in [0.3, 0.4) is 0 Å². The van der Waals surface area contributed by atoms with Crippen LogP contribution in [0.4, 0.5) is 10.5 Å². The van der Waals surface area contributed by atoms with E-state index in [2.05, 4.69) is 15.7 Å². The fourth-order valence-corrected chi connectivity index (χ4v) is 3.78. The van der Waals surface area contributed by atoms with Gasteiger partial charge in [-0.05, 0) is 43.9 Å². The minimum absolute atomic E-state index is 0.0248. The van der Waals surface area contributed by atoms with E-state index in [9.17, 15) is 14.7 Å². The molecule has 7 heteroatoms. The molecule has 29 heavy (non-hydrogen) atoms. The van der Waals surface area contributed by atoms with Gasteiger partial charge in [0, 0.05) is 35.2 Å². The zero-order chi connectivity index (χ0) is 20.5. The monoisotopic (exact) mass is 396 g/mol. The lowest BCUT2D eigenvalue weighted by Crippen LogP contribution is -2.32. The average Bonchev–Trinajstić information content (AvgIpc) is 3.17. The lowest BCUT2D eigenvalue weighted by atomic mass is 10.0. The summed E-state index contributed by atoms with van der Waals surface area (Å²) in [5.41, 5.74) is 2.56. The smallest absolute Gasteiger partial charge is 0.342 e. The second-order valence-corrected chi connectivity index (χ2v) is 8.45. The summed E-state index contributed by atoms with van der Waals surface area (Å²) >= 11 is 0. The molecule has 0 radical (unpaired) electrons. The number of carbonyl (C=O) groups is 2. The second kappa shape index (κ2) is 7.89. The molecule has 0 spiro atoms. The van der Waals surface area contributed by atoms with Crippen molar-refractivity contribution in [1.29, 1.82) is 0 Å². The summed E-state index contributed by atoms with van der Waals surface area (Å²) in [6.45, 7) is 3.63. The van der Waals surface area contributed by atoms with Gasteiger partial charge >= 0.3 is 6.03 Å². The van der Waals surface area contributed by atoms with E-state index in [1.165, 1.54) is 10.7 Å². The van der Waals surface area contributed by atoms with Crippen LogP contribution >= 0.6 is 0 Å². The fourth-order valence-electron chi connectivity index (χ4n) is 3.78. The van der Waals surface area contributed by atoms with Gasteiger partial charge in [0.2, 0.25) is 5.91 Å². The zero-order valence-electron chi connectivity index (χ0n) is 16.9. The van der Waals surface area contributed by atoms with Gasteiger partial charge in [0.1, 0.15) is 5.75 Å². The van der Waals surface area contributed by atoms with Gasteiger partial charge in [-0.2, -0.15) is 9.78 Å². The number of benzene rings is 1. The second-order valence-electron chi connectivity index (χ2n) is 8.45. The number of aromatic nitrogens is 2. The standard InChI is InChI=1S/C22H28N4O3/c1-13(2)21(28)23-16-9-10-17(20(27)11-16)18-12-19(14-5-3-4-6-14)26(25-18)22(29)24-15-7-8-15/h9-15,27H,3-8H2,1-2H3,(H,23,28)(H,24,29). The number of nitrogens with zero attached hydrogens (tertiary/aromatic N) is 2. The zero-order valence-corrected chi connectivity index (χ0v) is 16.9. The lowest BCUT2D eigenvalue weighted by molar-refractivity contribution is -0.118. The molecule has 1 aromatic carbocycles. The van der Waals surface area contributed by atoms with Crippen molar-refractivity contribution in [2.75, 3.05) is 5.32 Å². The van der Waals surface area contributed by atoms with Gasteiger partial charge in [-0.3, -0.25) is 4.79 Å². The highest BCUT2D eigenvalue weighted by atomic mass is 16.3. The van der Waals surface area contributed by atoms with Crippen molar-refractivity contribution < 1.29 is 14.7 Å². The predicted octanol–water partition coefficient (Wildman–Crippen LogP) is 4.23. The summed E-state index contributed by atoms with van der Waals surface area (Å²) in [6.07, 6.45) is 6.45. The number of aromatic hydroxyl groups is 1. The molecule has 2 aliphatic carbocycles. The molecule has 2 fully saturated rings. The first kappa shape index (κ1) is 19.5. The third kappa shape index (κ3) is 4.28. The van der Waals surface area contributed by atoms with Crippen LogP contribution in [-0.2, 0) is 4.79 Å². The van der Waals surface area contributed by atoms with Crippen LogP contribution in [0, 0.1) is 5.92 Å². The maximum Gasteiger partial charge on any atom is 0.342 e. The van der Waals surface area contributed by atoms with E-state index in [1.54, 1.807) is 12.1 Å². The Hall–Kier alpha value is -2.83. The summed E-state index contributed by atoms with van der Waals surface area (Å²) in [4.78, 5) is 24.6. The Bertz CT molecular complexity index is 924. The van der Waals surface area contributed by atoms with Gasteiger partial charge in [0.25, 0.3) is 0 Å². The number of anilines is 1. The van der Waals surface area contributed by atoms with Crippen molar-refractivity contribution in [1.82, 2.24) is 15.1 Å². The summed E-state index contributed by atoms with van der Waals surface area (Å²) in [7, 11) is 0. The van der Waals surface area contributed by atoms with Crippen LogP contribution in [0.2, 0.25) is 0 Å². The molecule has 2 aliphatic rings. The molecule has 4 rings (SSSR count). The predicted molar refractivity (Wildman–Crippen MR) is 111 cm³/mol. The van der Waals surface area contributed by atoms with Crippen molar-refractivity contribution in [2.24, 2.45) is 5.92 Å². The normalized spacial score (nSPS) is 16.9. The van der Waals surface area contributed by atoms with E-state index >= 15 is 0 Å². The molecule has 3 N–H and O–H groups in total. The quantitative estimate of drug-likeness (QED) is 0.705. The maximum absolute atomic E-state index is 12.7. The molecule has 0 bridgehead atoms. The molecule has 154 valence electrons. The number of hydrogen-bond donors (Lipinski definition) is 3. The van der Waals surface area contributed by atoms with Crippen molar-refractivity contribution >= 4 is 17.6 Å². The van der Waals surface area contributed by atoms with Crippen molar-refractivity contribution in [3.63, 3.8) is 0 Å². The van der Waals surface area contributed by atoms with Crippen LogP contribution in [0.25, 0.3) is 11.3 Å². The van der Waals surface area contributed by atoms with Crippen LogP contribution in [0.1, 0.15) is 64.0 Å². The van der Waals surface area contributed by atoms with Crippen molar-refractivity contribution in [3.8, 4) is 17.0 Å². The van der Waals surface area contributed by atoms with E-state index in [0.29, 0.717) is 22.9 Å². The van der Waals surface area contributed by atoms with Gasteiger partial charge in [-0.25, -0.2) is 4.79 Å². The summed E-state index contributed by atoms with van der Waals surface area (Å²) in [5.74, 6) is 0.0814. The average molecular weight is 396 g/mol. The molecule has 2 amide bonds. The van der Waals surface area contributed by atoms with Crippen LogP contribution in [-0.4, -0.2) is 32.9 Å². The summed E-state index contributed by atoms with van der Waals surface area (Å²) in [6, 6.07) is 6.98. The van der Waals surface area contributed by atoms with Crippen molar-refractivity contribution in [2.45, 2.75) is 64.3 Å². The highest BCUT2D eigenvalue weighted by Gasteiger charge is 2.29. The Kier molecular flexibility index (Phi) is 5.30. The van der Waals surface area contributed by atoms with Gasteiger partial charge in [-0.1, -0.05) is 26.7 Å². The minimum atomic E-state index is -0.194. The van der Waals surface area contributed by atoms with Crippen LogP contribution in [0.5, 0.6) is 5.75 Å². The first-order valence-corrected chi connectivity index (χ1v) is 10.5. The number of rotatable bonds is 5. The Balaban J connectivity index is 1.63. The Morgan fingerprint density at radius 3 is 2.48 bits per heavy atom. The summed E-state index contributed by atoms with van der Waals surface area (Å²) < 4.78 is 1.48. The SMILES string of the molecule is CC(C)C(=O)Nc1ccc(-c2cc(C3CCCC3)n(C(=O)NC3CC3)n2)c(O)c1. The minimum Gasteiger partial charge on any atom is -0.507 e. The molecular weight excluding hydrogens is 368 g/mol. The maximum atomic E-state index is 12.7. The summed E-state index contributed by atoms with van der Waals surface area (Å²) in [5, 5.41) is 20.9. The highest BCUT2D eigenvalue weighted by Crippen LogP contribution is 2.38. The molecule has 0 unspecified atom stereocenters. The lowest BCUT2D eigenvalue weighted by Gasteiger charge is -2.11. The molecule has 1 heterocycles. The molecule has 7 nitrogen and oxygen atoms in total. The van der Waals surface area contributed by atoms with Gasteiger partial charge in [0.05, 0.1) is 11.4 Å². The van der Waals surface area contributed by atoms with Gasteiger partial charge in [-0.15, -0.1) is 0 Å². The molecule has 2 saturated carbocycles. The number of carbonyl (C=O) groups excluding carboxylic acids is 2. The van der Waals surface area contributed by atoms with E-state index < -0.39 is 0 Å². The molecular formula is C22H28N4O3. The number of nitrogens with one attached hydrogen (secondary N) is 2. The van der Waals surface area contributed by atoms with Crippen LogP contribution < -0.4 is 10.6 Å². The molecule has 1 aromatic heterocycles. The van der Waals surface area contributed by atoms with Crippen LogP contribution in [0.15, 0.2) is 24.3 Å². The highest BCUT2D eigenvalue weighted by molar-refractivity contribution is 5.92. The third-order valence-corrected chi connectivity index (χ3v) is 5.67. The number of hydrogen-bond acceptors (Lipinski definition) is 4. The first-order valence-electron chi connectivity index (χ1n) is 10.5. The van der Waals surface area contributed by atoms with Crippen molar-refractivity contribution in [3.05, 3.63) is 30.0 Å². The third-order valence-electron chi connectivity index (χ3n) is 5.67. The van der Waals surface area contributed by atoms with E-state index in [4.69, 9.17) is 0 Å². The Labute approximate surface area is 170 Å². The topological polar surface area (TPSA) is 96.3 Å². The fraction of sp³-hybridized carbons (Fsp3) is 0.500. The van der Waals surface area contributed by atoms with E-state index in [-0.39, 0.29) is 29.6 Å². The molecule has 0 atom stereocenters. The van der Waals surface area contributed by atoms with Gasteiger partial charge < -0.3 is 15.7 Å². The number of phenolic OH excluding ortho intramolecular Hbond substituents is 1.